The molecule has 3 heterocycles. The summed E-state index contributed by atoms with van der Waals surface area (Å²) >= 11 is 0. The van der Waals surface area contributed by atoms with E-state index in [0.29, 0.717) is 0 Å². The van der Waals surface area contributed by atoms with Crippen molar-refractivity contribution < 1.29 is 4.79 Å². The van der Waals surface area contributed by atoms with Gasteiger partial charge in [0.15, 0.2) is 0 Å². The van der Waals surface area contributed by atoms with Crippen molar-refractivity contribution in [3.63, 3.8) is 0 Å². The highest BCUT2D eigenvalue weighted by molar-refractivity contribution is 5.94. The van der Waals surface area contributed by atoms with Crippen molar-refractivity contribution in [3.05, 3.63) is 53.3 Å². The molecule has 1 atom stereocenters. The molecule has 0 radical (unpaired) electrons. The number of aromatic nitrogens is 2. The first kappa shape index (κ1) is 15.4. The number of benzene rings is 1. The lowest BCUT2D eigenvalue weighted by atomic mass is 9.83. The first-order valence-electron chi connectivity index (χ1n) is 8.64. The van der Waals surface area contributed by atoms with Gasteiger partial charge in [-0.25, -0.2) is 0 Å². The highest BCUT2D eigenvalue weighted by Gasteiger charge is 2.50. The minimum absolute atomic E-state index is 0.167. The van der Waals surface area contributed by atoms with Crippen molar-refractivity contribution in [1.82, 2.24) is 19.6 Å². The molecule has 126 valence electrons. The summed E-state index contributed by atoms with van der Waals surface area (Å²) in [5.41, 5.74) is 3.41. The number of hydrogen-bond donors (Lipinski definition) is 0. The standard InChI is InChI=1S/C19H24N4O/c1-15-3-5-17(6-4-15)18(24)22-9-7-19(14-22)8-10-23(19)13-16-11-20-21(2)12-16/h3-6,11-12H,7-10,13-14H2,1-2H3/t19-/m0/s1. The second-order valence-electron chi connectivity index (χ2n) is 7.26. The van der Waals surface area contributed by atoms with Gasteiger partial charge in [-0.15, -0.1) is 0 Å². The molecule has 4 rings (SSSR count). The molecule has 2 aromatic rings. The van der Waals surface area contributed by atoms with Gasteiger partial charge in [-0.2, -0.15) is 5.10 Å². The third-order valence-corrected chi connectivity index (χ3v) is 5.57. The first-order valence-corrected chi connectivity index (χ1v) is 8.64. The molecule has 2 fully saturated rings. The van der Waals surface area contributed by atoms with E-state index in [1.165, 1.54) is 17.5 Å². The summed E-state index contributed by atoms with van der Waals surface area (Å²) in [4.78, 5) is 17.3. The largest absolute Gasteiger partial charge is 0.337 e. The van der Waals surface area contributed by atoms with Crippen molar-refractivity contribution in [3.8, 4) is 0 Å². The lowest BCUT2D eigenvalue weighted by Gasteiger charge is -2.50. The Bertz CT molecular complexity index is 751. The Morgan fingerprint density at radius 2 is 1.96 bits per heavy atom. The van der Waals surface area contributed by atoms with E-state index in [0.717, 1.165) is 38.2 Å². The van der Waals surface area contributed by atoms with Gasteiger partial charge in [0.1, 0.15) is 0 Å². The van der Waals surface area contributed by atoms with Crippen LogP contribution < -0.4 is 0 Å². The fourth-order valence-corrected chi connectivity index (χ4v) is 3.98. The molecule has 5 nitrogen and oxygen atoms in total. The van der Waals surface area contributed by atoms with Gasteiger partial charge in [0, 0.05) is 56.1 Å². The van der Waals surface area contributed by atoms with Gasteiger partial charge in [0.2, 0.25) is 0 Å². The Morgan fingerprint density at radius 3 is 2.58 bits per heavy atom. The summed E-state index contributed by atoms with van der Waals surface area (Å²) in [6.07, 6.45) is 6.28. The molecule has 2 saturated heterocycles. The van der Waals surface area contributed by atoms with Crippen molar-refractivity contribution >= 4 is 5.91 Å². The van der Waals surface area contributed by atoms with Gasteiger partial charge >= 0.3 is 0 Å². The number of carbonyl (C=O) groups is 1. The van der Waals surface area contributed by atoms with Gasteiger partial charge in [0.25, 0.3) is 5.91 Å². The molecule has 2 aliphatic rings. The van der Waals surface area contributed by atoms with Gasteiger partial charge in [-0.05, 0) is 31.9 Å². The van der Waals surface area contributed by atoms with Crippen LogP contribution in [0.15, 0.2) is 36.7 Å². The Morgan fingerprint density at radius 1 is 1.21 bits per heavy atom. The molecule has 0 bridgehead atoms. The zero-order chi connectivity index (χ0) is 16.7. The highest BCUT2D eigenvalue weighted by atomic mass is 16.2. The van der Waals surface area contributed by atoms with E-state index in [9.17, 15) is 4.79 Å². The SMILES string of the molecule is Cc1ccc(C(=O)N2CC[C@]3(CCN3Cc3cnn(C)c3)C2)cc1. The quantitative estimate of drug-likeness (QED) is 0.869. The molecular formula is C19H24N4O. The van der Waals surface area contributed by atoms with Crippen molar-refractivity contribution in [2.75, 3.05) is 19.6 Å². The van der Waals surface area contributed by atoms with Gasteiger partial charge in [-0.1, -0.05) is 17.7 Å². The summed E-state index contributed by atoms with van der Waals surface area (Å²) in [5, 5.41) is 4.26. The van der Waals surface area contributed by atoms with Crippen LogP contribution in [0.3, 0.4) is 0 Å². The number of amides is 1. The molecule has 0 unspecified atom stereocenters. The first-order chi connectivity index (χ1) is 11.6. The Hall–Kier alpha value is -2.14. The molecule has 1 amide bonds. The molecule has 1 spiro atoms. The second kappa shape index (κ2) is 5.74. The Balaban J connectivity index is 1.43. The Labute approximate surface area is 142 Å². The van der Waals surface area contributed by atoms with E-state index in [1.54, 1.807) is 0 Å². The van der Waals surface area contributed by atoms with E-state index >= 15 is 0 Å². The topological polar surface area (TPSA) is 41.4 Å². The van der Waals surface area contributed by atoms with Gasteiger partial charge in [0.05, 0.1) is 6.20 Å². The average molecular weight is 324 g/mol. The molecule has 5 heteroatoms. The van der Waals surface area contributed by atoms with E-state index in [1.807, 2.05) is 54.0 Å². The van der Waals surface area contributed by atoms with E-state index in [-0.39, 0.29) is 11.4 Å². The van der Waals surface area contributed by atoms with Crippen LogP contribution in [-0.2, 0) is 13.6 Å². The zero-order valence-electron chi connectivity index (χ0n) is 14.4. The average Bonchev–Trinajstić information content (AvgIpc) is 3.20. The van der Waals surface area contributed by atoms with E-state index < -0.39 is 0 Å². The summed E-state index contributed by atoms with van der Waals surface area (Å²) < 4.78 is 1.85. The molecular weight excluding hydrogens is 300 g/mol. The highest BCUT2D eigenvalue weighted by Crippen LogP contribution is 2.40. The number of hydrogen-bond acceptors (Lipinski definition) is 3. The predicted octanol–water partition coefficient (Wildman–Crippen LogP) is 2.22. The summed E-state index contributed by atoms with van der Waals surface area (Å²) in [6.45, 7) is 5.79. The minimum Gasteiger partial charge on any atom is -0.337 e. The van der Waals surface area contributed by atoms with Crippen molar-refractivity contribution in [1.29, 1.82) is 0 Å². The molecule has 1 aromatic heterocycles. The van der Waals surface area contributed by atoms with E-state index in [4.69, 9.17) is 0 Å². The minimum atomic E-state index is 0.167. The van der Waals surface area contributed by atoms with Crippen LogP contribution in [0.4, 0.5) is 0 Å². The Kier molecular flexibility index (Phi) is 3.68. The predicted molar refractivity (Wildman–Crippen MR) is 92.7 cm³/mol. The van der Waals surface area contributed by atoms with Crippen LogP contribution in [-0.4, -0.2) is 50.7 Å². The van der Waals surface area contributed by atoms with Crippen LogP contribution >= 0.6 is 0 Å². The lowest BCUT2D eigenvalue weighted by Crippen LogP contribution is -2.60. The van der Waals surface area contributed by atoms with Crippen LogP contribution in [0, 0.1) is 6.92 Å². The van der Waals surface area contributed by atoms with E-state index in [2.05, 4.69) is 16.2 Å². The smallest absolute Gasteiger partial charge is 0.253 e. The maximum atomic E-state index is 12.7. The second-order valence-corrected chi connectivity index (χ2v) is 7.26. The van der Waals surface area contributed by atoms with Crippen molar-refractivity contribution in [2.45, 2.75) is 31.8 Å². The fourth-order valence-electron chi connectivity index (χ4n) is 3.98. The normalized spacial score (nSPS) is 23.7. The van der Waals surface area contributed by atoms with Gasteiger partial charge < -0.3 is 4.90 Å². The molecule has 24 heavy (non-hydrogen) atoms. The van der Waals surface area contributed by atoms with Crippen LogP contribution in [0.25, 0.3) is 0 Å². The number of nitrogens with zero attached hydrogens (tertiary/aromatic N) is 4. The molecule has 2 aliphatic heterocycles. The number of carbonyl (C=O) groups excluding carboxylic acids is 1. The zero-order valence-corrected chi connectivity index (χ0v) is 14.4. The van der Waals surface area contributed by atoms with Crippen molar-refractivity contribution in [2.24, 2.45) is 7.05 Å². The third-order valence-electron chi connectivity index (χ3n) is 5.57. The van der Waals surface area contributed by atoms with Crippen LogP contribution in [0.1, 0.15) is 34.3 Å². The maximum absolute atomic E-state index is 12.7. The number of aryl methyl sites for hydroxylation is 2. The van der Waals surface area contributed by atoms with Crippen LogP contribution in [0.2, 0.25) is 0 Å². The molecule has 0 aliphatic carbocycles. The number of rotatable bonds is 3. The lowest BCUT2D eigenvalue weighted by molar-refractivity contribution is -0.0131. The summed E-state index contributed by atoms with van der Waals surface area (Å²) in [7, 11) is 1.95. The fraction of sp³-hybridized carbons (Fsp3) is 0.474. The molecule has 0 N–H and O–H groups in total. The molecule has 1 aromatic carbocycles. The molecule has 0 saturated carbocycles. The maximum Gasteiger partial charge on any atom is 0.253 e. The summed E-state index contributed by atoms with van der Waals surface area (Å²) in [5.74, 6) is 0.167. The summed E-state index contributed by atoms with van der Waals surface area (Å²) in [6, 6.07) is 7.90. The van der Waals surface area contributed by atoms with Gasteiger partial charge in [-0.3, -0.25) is 14.4 Å². The van der Waals surface area contributed by atoms with Crippen LogP contribution in [0.5, 0.6) is 0 Å². The monoisotopic (exact) mass is 324 g/mol. The number of likely N-dealkylation sites (tertiary alicyclic amines) is 2. The third kappa shape index (κ3) is 2.63.